The van der Waals surface area contributed by atoms with Crippen LogP contribution in [-0.2, 0) is 10.0 Å². The third kappa shape index (κ3) is 3.20. The minimum atomic E-state index is -3.63. The number of hydrogen-bond donors (Lipinski definition) is 3. The number of aromatic nitrogens is 2. The summed E-state index contributed by atoms with van der Waals surface area (Å²) in [6.45, 7) is 1.88. The van der Waals surface area contributed by atoms with Crippen molar-refractivity contribution in [3.63, 3.8) is 0 Å². The zero-order valence-electron chi connectivity index (χ0n) is 10.8. The van der Waals surface area contributed by atoms with Crippen LogP contribution in [0.15, 0.2) is 40.0 Å². The van der Waals surface area contributed by atoms with Gasteiger partial charge in [0.25, 0.3) is 0 Å². The molecule has 0 bridgehead atoms. The number of nitrogens with one attached hydrogen (secondary N) is 2. The van der Waals surface area contributed by atoms with Crippen LogP contribution in [-0.4, -0.2) is 18.4 Å². The molecule has 6 nitrogen and oxygen atoms in total. The van der Waals surface area contributed by atoms with Gasteiger partial charge in [-0.15, -0.1) is 0 Å². The van der Waals surface area contributed by atoms with Gasteiger partial charge in [0.05, 0.1) is 10.9 Å². The number of rotatable bonds is 5. The Morgan fingerprint density at radius 3 is 2.80 bits per heavy atom. The Morgan fingerprint density at radius 2 is 2.25 bits per heavy atom. The average Bonchev–Trinajstić information content (AvgIpc) is 2.93. The van der Waals surface area contributed by atoms with E-state index in [4.69, 9.17) is 5.73 Å². The maximum atomic E-state index is 12.3. The van der Waals surface area contributed by atoms with E-state index < -0.39 is 16.1 Å². The third-order valence-electron chi connectivity index (χ3n) is 2.84. The highest BCUT2D eigenvalue weighted by Gasteiger charge is 2.22. The first-order valence-corrected chi connectivity index (χ1v) is 8.28. The van der Waals surface area contributed by atoms with Gasteiger partial charge in [-0.1, -0.05) is 6.92 Å². The molecule has 4 N–H and O–H groups in total. The quantitative estimate of drug-likeness (QED) is 0.713. The van der Waals surface area contributed by atoms with Crippen molar-refractivity contribution in [3.8, 4) is 0 Å². The maximum Gasteiger partial charge on any atom is 0.241 e. The van der Waals surface area contributed by atoms with Crippen LogP contribution >= 0.6 is 15.9 Å². The fourth-order valence-electron chi connectivity index (χ4n) is 1.73. The van der Waals surface area contributed by atoms with E-state index in [0.717, 1.165) is 0 Å². The lowest BCUT2D eigenvalue weighted by atomic mass is 10.2. The molecular weight excluding hydrogens is 344 g/mol. The molecule has 0 radical (unpaired) electrons. The Labute approximate surface area is 126 Å². The van der Waals surface area contributed by atoms with E-state index in [1.807, 2.05) is 6.92 Å². The number of nitrogens with zero attached hydrogens (tertiary/aromatic N) is 1. The van der Waals surface area contributed by atoms with Crippen molar-refractivity contribution >= 4 is 31.6 Å². The molecule has 0 spiro atoms. The largest absolute Gasteiger partial charge is 0.398 e. The predicted molar refractivity (Wildman–Crippen MR) is 80.5 cm³/mol. The predicted octanol–water partition coefficient (Wildman–Crippen LogP) is 2.18. The molecule has 2 rings (SSSR count). The summed E-state index contributed by atoms with van der Waals surface area (Å²) in [4.78, 5) is 7.16. The second-order valence-corrected chi connectivity index (χ2v) is 6.81. The standard InChI is InChI=1S/C12H15BrN4O2S/c1-2-11(12-15-5-6-16-12)17-20(18,19)8-3-4-10(14)9(13)7-8/h3-7,11,17H,2,14H2,1H3,(H,15,16). The first-order chi connectivity index (χ1) is 9.44. The van der Waals surface area contributed by atoms with Crippen LogP contribution in [0.3, 0.4) is 0 Å². The van der Waals surface area contributed by atoms with Crippen molar-refractivity contribution in [3.05, 3.63) is 40.9 Å². The number of hydrogen-bond acceptors (Lipinski definition) is 4. The first kappa shape index (κ1) is 15.0. The highest BCUT2D eigenvalue weighted by Crippen LogP contribution is 2.24. The Kier molecular flexibility index (Phi) is 4.46. The summed E-state index contributed by atoms with van der Waals surface area (Å²) in [6, 6.07) is 4.10. The number of H-pyrrole nitrogens is 1. The molecule has 1 aromatic heterocycles. The molecule has 108 valence electrons. The van der Waals surface area contributed by atoms with E-state index in [9.17, 15) is 8.42 Å². The number of imidazole rings is 1. The minimum absolute atomic E-state index is 0.156. The minimum Gasteiger partial charge on any atom is -0.398 e. The average molecular weight is 359 g/mol. The normalized spacial score (nSPS) is 13.3. The SMILES string of the molecule is CCC(NS(=O)(=O)c1ccc(N)c(Br)c1)c1ncc[nH]1. The summed E-state index contributed by atoms with van der Waals surface area (Å²) >= 11 is 3.22. The number of benzene rings is 1. The third-order valence-corrected chi connectivity index (χ3v) is 4.99. The van der Waals surface area contributed by atoms with Crippen molar-refractivity contribution in [2.75, 3.05) is 5.73 Å². The van der Waals surface area contributed by atoms with Gasteiger partial charge >= 0.3 is 0 Å². The molecule has 8 heteroatoms. The Hall–Kier alpha value is -1.38. The molecule has 1 unspecified atom stereocenters. The number of aromatic amines is 1. The van der Waals surface area contributed by atoms with Gasteiger partial charge < -0.3 is 10.7 Å². The van der Waals surface area contributed by atoms with Crippen molar-refractivity contribution in [1.82, 2.24) is 14.7 Å². The van der Waals surface area contributed by atoms with Crippen LogP contribution in [0.25, 0.3) is 0 Å². The van der Waals surface area contributed by atoms with E-state index in [2.05, 4.69) is 30.6 Å². The molecule has 1 aromatic carbocycles. The Balaban J connectivity index is 2.28. The highest BCUT2D eigenvalue weighted by atomic mass is 79.9. The van der Waals surface area contributed by atoms with Gasteiger partial charge in [-0.25, -0.2) is 18.1 Å². The van der Waals surface area contributed by atoms with Gasteiger partial charge in [-0.2, -0.15) is 0 Å². The number of nitrogens with two attached hydrogens (primary N) is 1. The van der Waals surface area contributed by atoms with E-state index >= 15 is 0 Å². The Bertz CT molecular complexity index is 685. The number of anilines is 1. The summed E-state index contributed by atoms with van der Waals surface area (Å²) in [5.74, 6) is 0.589. The first-order valence-electron chi connectivity index (χ1n) is 6.00. The van der Waals surface area contributed by atoms with Gasteiger partial charge in [-0.05, 0) is 40.5 Å². The molecule has 0 fully saturated rings. The van der Waals surface area contributed by atoms with Crippen LogP contribution in [0, 0.1) is 0 Å². The van der Waals surface area contributed by atoms with E-state index in [1.54, 1.807) is 18.5 Å². The van der Waals surface area contributed by atoms with Gasteiger partial charge in [0, 0.05) is 22.6 Å². The number of nitrogen functional groups attached to an aromatic ring is 1. The second kappa shape index (κ2) is 5.94. The van der Waals surface area contributed by atoms with Crippen LogP contribution in [0.4, 0.5) is 5.69 Å². The summed E-state index contributed by atoms with van der Waals surface area (Å²) in [5, 5.41) is 0. The molecule has 1 heterocycles. The van der Waals surface area contributed by atoms with Crippen LogP contribution < -0.4 is 10.5 Å². The van der Waals surface area contributed by atoms with E-state index in [1.165, 1.54) is 12.1 Å². The van der Waals surface area contributed by atoms with Gasteiger partial charge in [-0.3, -0.25) is 0 Å². The van der Waals surface area contributed by atoms with Gasteiger partial charge in [0.2, 0.25) is 10.0 Å². The van der Waals surface area contributed by atoms with Gasteiger partial charge in [0.1, 0.15) is 5.82 Å². The number of sulfonamides is 1. The van der Waals surface area contributed by atoms with E-state index in [-0.39, 0.29) is 4.90 Å². The lowest BCUT2D eigenvalue weighted by molar-refractivity contribution is 0.539. The topological polar surface area (TPSA) is 101 Å². The molecule has 0 aliphatic heterocycles. The molecule has 0 saturated carbocycles. The van der Waals surface area contributed by atoms with Crippen molar-refractivity contribution in [2.45, 2.75) is 24.3 Å². The second-order valence-electron chi connectivity index (χ2n) is 4.24. The fourth-order valence-corrected chi connectivity index (χ4v) is 3.57. The molecule has 0 aliphatic carbocycles. The summed E-state index contributed by atoms with van der Waals surface area (Å²) in [6.07, 6.45) is 3.83. The molecule has 1 atom stereocenters. The molecular formula is C12H15BrN4O2S. The molecule has 2 aromatic rings. The maximum absolute atomic E-state index is 12.3. The molecule has 0 aliphatic rings. The summed E-state index contributed by atoms with van der Waals surface area (Å²) in [5.41, 5.74) is 6.15. The van der Waals surface area contributed by atoms with Gasteiger partial charge in [0.15, 0.2) is 0 Å². The van der Waals surface area contributed by atoms with Crippen LogP contribution in [0.2, 0.25) is 0 Å². The molecule has 0 saturated heterocycles. The number of halogens is 1. The fraction of sp³-hybridized carbons (Fsp3) is 0.250. The molecule has 0 amide bonds. The zero-order chi connectivity index (χ0) is 14.8. The van der Waals surface area contributed by atoms with Crippen LogP contribution in [0.5, 0.6) is 0 Å². The summed E-state index contributed by atoms with van der Waals surface area (Å²) in [7, 11) is -3.63. The smallest absolute Gasteiger partial charge is 0.241 e. The van der Waals surface area contributed by atoms with Crippen molar-refractivity contribution in [2.24, 2.45) is 0 Å². The summed E-state index contributed by atoms with van der Waals surface area (Å²) < 4.78 is 27.9. The Morgan fingerprint density at radius 1 is 1.50 bits per heavy atom. The monoisotopic (exact) mass is 358 g/mol. The lowest BCUT2D eigenvalue weighted by Crippen LogP contribution is -2.29. The zero-order valence-corrected chi connectivity index (χ0v) is 13.2. The lowest BCUT2D eigenvalue weighted by Gasteiger charge is -2.15. The highest BCUT2D eigenvalue weighted by molar-refractivity contribution is 9.10. The van der Waals surface area contributed by atoms with Crippen molar-refractivity contribution in [1.29, 1.82) is 0 Å². The van der Waals surface area contributed by atoms with Crippen molar-refractivity contribution < 1.29 is 8.42 Å². The van der Waals surface area contributed by atoms with Crippen LogP contribution in [0.1, 0.15) is 25.2 Å². The van der Waals surface area contributed by atoms with E-state index in [0.29, 0.717) is 22.4 Å². The molecule has 20 heavy (non-hydrogen) atoms.